The molecule has 0 bridgehead atoms. The van der Waals surface area contributed by atoms with Crippen molar-refractivity contribution in [3.05, 3.63) is 71.5 Å². The van der Waals surface area contributed by atoms with Gasteiger partial charge in [0, 0.05) is 32.6 Å². The van der Waals surface area contributed by atoms with Gasteiger partial charge in [-0.2, -0.15) is 0 Å². The summed E-state index contributed by atoms with van der Waals surface area (Å²) in [6.07, 6.45) is 0. The number of amides is 1. The molecule has 1 aliphatic rings. The second kappa shape index (κ2) is 10.0. The molecule has 3 atom stereocenters. The van der Waals surface area contributed by atoms with Crippen LogP contribution in [0, 0.1) is 11.7 Å². The van der Waals surface area contributed by atoms with Crippen LogP contribution in [-0.4, -0.2) is 48.4 Å². The van der Waals surface area contributed by atoms with Gasteiger partial charge in [-0.05, 0) is 42.6 Å². The summed E-state index contributed by atoms with van der Waals surface area (Å²) in [6, 6.07) is 16.5. The van der Waals surface area contributed by atoms with E-state index in [1.165, 1.54) is 17.7 Å². The Labute approximate surface area is 172 Å². The van der Waals surface area contributed by atoms with Gasteiger partial charge >= 0.3 is 0 Å². The average Bonchev–Trinajstić information content (AvgIpc) is 3.12. The molecule has 2 aromatic carbocycles. The molecule has 0 aromatic heterocycles. The first kappa shape index (κ1) is 22.3. The van der Waals surface area contributed by atoms with E-state index >= 15 is 0 Å². The third-order valence-electron chi connectivity index (χ3n) is 5.59. The minimum atomic E-state index is -0.280. The standard InChI is InChI=1S/C22H28FN3O.ClH/c1-16(22(27)25(2)13-17-7-6-10-20(23)11-17)26-14-19(12-24)21(15-26)18-8-4-3-5-9-18;/h3-11,16,19,21H,12-15,24H2,1-2H3;1H/t16?,19-,21+;/m1./s1. The van der Waals surface area contributed by atoms with Crippen LogP contribution in [0.3, 0.4) is 0 Å². The molecule has 4 nitrogen and oxygen atoms in total. The van der Waals surface area contributed by atoms with Gasteiger partial charge in [-0.1, -0.05) is 42.5 Å². The third kappa shape index (κ3) is 5.10. The number of nitrogens with two attached hydrogens (primary N) is 1. The highest BCUT2D eigenvalue weighted by Gasteiger charge is 2.37. The Hall–Kier alpha value is -1.95. The Morgan fingerprint density at radius 3 is 2.57 bits per heavy atom. The molecular formula is C22H29ClFN3O. The van der Waals surface area contributed by atoms with Gasteiger partial charge in [0.25, 0.3) is 0 Å². The Balaban J connectivity index is 0.00000280. The van der Waals surface area contributed by atoms with E-state index in [2.05, 4.69) is 17.0 Å². The number of hydrogen-bond donors (Lipinski definition) is 1. The van der Waals surface area contributed by atoms with Gasteiger partial charge in [0.2, 0.25) is 5.91 Å². The maximum atomic E-state index is 13.4. The number of likely N-dealkylation sites (N-methyl/N-ethyl adjacent to an activating group) is 1. The Morgan fingerprint density at radius 1 is 1.21 bits per heavy atom. The number of benzene rings is 2. The minimum absolute atomic E-state index is 0. The van der Waals surface area contributed by atoms with E-state index < -0.39 is 0 Å². The lowest BCUT2D eigenvalue weighted by molar-refractivity contribution is -0.135. The number of halogens is 2. The fraction of sp³-hybridized carbons (Fsp3) is 0.409. The third-order valence-corrected chi connectivity index (χ3v) is 5.59. The summed E-state index contributed by atoms with van der Waals surface area (Å²) in [7, 11) is 1.77. The van der Waals surface area contributed by atoms with E-state index in [4.69, 9.17) is 5.73 Å². The predicted octanol–water partition coefficient (Wildman–Crippen LogP) is 3.27. The summed E-state index contributed by atoms with van der Waals surface area (Å²) in [6.45, 7) is 4.60. The summed E-state index contributed by atoms with van der Waals surface area (Å²) in [4.78, 5) is 16.8. The maximum Gasteiger partial charge on any atom is 0.239 e. The second-order valence-corrected chi connectivity index (χ2v) is 7.47. The SMILES string of the molecule is CC(C(=O)N(C)Cc1cccc(F)c1)N1C[C@@H](CN)[C@H](c2ccccc2)C1.Cl. The molecule has 1 fully saturated rings. The summed E-state index contributed by atoms with van der Waals surface area (Å²) in [5.41, 5.74) is 8.09. The lowest BCUT2D eigenvalue weighted by Gasteiger charge is -2.28. The molecule has 1 amide bonds. The summed E-state index contributed by atoms with van der Waals surface area (Å²) in [5.74, 6) is 0.456. The van der Waals surface area contributed by atoms with Crippen LogP contribution in [0.5, 0.6) is 0 Å². The molecule has 0 saturated carbocycles. The lowest BCUT2D eigenvalue weighted by Crippen LogP contribution is -2.45. The van der Waals surface area contributed by atoms with Gasteiger partial charge in [0.05, 0.1) is 6.04 Å². The number of hydrogen-bond acceptors (Lipinski definition) is 3. The monoisotopic (exact) mass is 405 g/mol. The first-order chi connectivity index (χ1) is 13.0. The van der Waals surface area contributed by atoms with Gasteiger partial charge in [0.15, 0.2) is 0 Å². The van der Waals surface area contributed by atoms with Crippen molar-refractivity contribution in [1.82, 2.24) is 9.80 Å². The molecule has 0 radical (unpaired) electrons. The molecule has 0 spiro atoms. The van der Waals surface area contributed by atoms with Crippen molar-refractivity contribution in [2.45, 2.75) is 25.4 Å². The highest BCUT2D eigenvalue weighted by molar-refractivity contribution is 5.85. The molecular weight excluding hydrogens is 377 g/mol. The van der Waals surface area contributed by atoms with E-state index in [0.29, 0.717) is 24.9 Å². The van der Waals surface area contributed by atoms with E-state index in [1.807, 2.05) is 31.2 Å². The van der Waals surface area contributed by atoms with Crippen molar-refractivity contribution in [3.8, 4) is 0 Å². The topological polar surface area (TPSA) is 49.6 Å². The average molecular weight is 406 g/mol. The first-order valence-corrected chi connectivity index (χ1v) is 9.48. The highest BCUT2D eigenvalue weighted by Crippen LogP contribution is 2.33. The normalized spacial score (nSPS) is 20.4. The lowest BCUT2D eigenvalue weighted by atomic mass is 9.89. The zero-order valence-corrected chi connectivity index (χ0v) is 17.2. The molecule has 1 heterocycles. The largest absolute Gasteiger partial charge is 0.340 e. The number of carbonyl (C=O) groups excluding carboxylic acids is 1. The van der Waals surface area contributed by atoms with Crippen LogP contribution in [0.25, 0.3) is 0 Å². The van der Waals surface area contributed by atoms with Crippen LogP contribution in [0.15, 0.2) is 54.6 Å². The van der Waals surface area contributed by atoms with Gasteiger partial charge in [-0.15, -0.1) is 12.4 Å². The molecule has 0 aliphatic carbocycles. The molecule has 1 aliphatic heterocycles. The van der Waals surface area contributed by atoms with Crippen LogP contribution in [0.2, 0.25) is 0 Å². The number of rotatable bonds is 6. The molecule has 2 aromatic rings. The fourth-order valence-corrected chi connectivity index (χ4v) is 4.00. The predicted molar refractivity (Wildman–Crippen MR) is 113 cm³/mol. The van der Waals surface area contributed by atoms with Gasteiger partial charge < -0.3 is 10.6 Å². The Morgan fingerprint density at radius 2 is 1.93 bits per heavy atom. The highest BCUT2D eigenvalue weighted by atomic mass is 35.5. The van der Waals surface area contributed by atoms with E-state index in [9.17, 15) is 9.18 Å². The Bertz CT molecular complexity index is 773. The van der Waals surface area contributed by atoms with Crippen LogP contribution in [0.1, 0.15) is 24.0 Å². The van der Waals surface area contributed by atoms with Crippen LogP contribution in [0.4, 0.5) is 4.39 Å². The van der Waals surface area contributed by atoms with Crippen LogP contribution in [-0.2, 0) is 11.3 Å². The molecule has 28 heavy (non-hydrogen) atoms. The molecule has 2 N–H and O–H groups in total. The van der Waals surface area contributed by atoms with E-state index in [0.717, 1.165) is 18.7 Å². The molecule has 1 saturated heterocycles. The molecule has 3 rings (SSSR count). The minimum Gasteiger partial charge on any atom is -0.340 e. The van der Waals surface area contributed by atoms with Crippen molar-refractivity contribution in [1.29, 1.82) is 0 Å². The zero-order chi connectivity index (χ0) is 19.4. The molecule has 6 heteroatoms. The van der Waals surface area contributed by atoms with Crippen LogP contribution < -0.4 is 5.73 Å². The smallest absolute Gasteiger partial charge is 0.239 e. The van der Waals surface area contributed by atoms with Crippen molar-refractivity contribution in [2.75, 3.05) is 26.7 Å². The van der Waals surface area contributed by atoms with Crippen molar-refractivity contribution < 1.29 is 9.18 Å². The Kier molecular flexibility index (Phi) is 7.98. The molecule has 152 valence electrons. The number of carbonyl (C=O) groups is 1. The summed E-state index contributed by atoms with van der Waals surface area (Å²) >= 11 is 0. The quantitative estimate of drug-likeness (QED) is 0.802. The first-order valence-electron chi connectivity index (χ1n) is 9.48. The maximum absolute atomic E-state index is 13.4. The molecule has 1 unspecified atom stereocenters. The van der Waals surface area contributed by atoms with E-state index in [1.54, 1.807) is 18.0 Å². The van der Waals surface area contributed by atoms with Crippen molar-refractivity contribution >= 4 is 18.3 Å². The zero-order valence-electron chi connectivity index (χ0n) is 16.4. The summed E-state index contributed by atoms with van der Waals surface area (Å²) < 4.78 is 13.4. The number of likely N-dealkylation sites (tertiary alicyclic amines) is 1. The van der Waals surface area contributed by atoms with E-state index in [-0.39, 0.29) is 30.2 Å². The second-order valence-electron chi connectivity index (χ2n) is 7.47. The summed E-state index contributed by atoms with van der Waals surface area (Å²) in [5, 5.41) is 0. The van der Waals surface area contributed by atoms with Gasteiger partial charge in [-0.3, -0.25) is 9.69 Å². The van der Waals surface area contributed by atoms with Gasteiger partial charge in [0.1, 0.15) is 5.82 Å². The van der Waals surface area contributed by atoms with Crippen molar-refractivity contribution in [2.24, 2.45) is 11.7 Å². The number of nitrogens with zero attached hydrogens (tertiary/aromatic N) is 2. The fourth-order valence-electron chi connectivity index (χ4n) is 4.00. The van der Waals surface area contributed by atoms with Crippen molar-refractivity contribution in [3.63, 3.8) is 0 Å². The van der Waals surface area contributed by atoms with Crippen LogP contribution >= 0.6 is 12.4 Å². The van der Waals surface area contributed by atoms with Gasteiger partial charge in [-0.25, -0.2) is 4.39 Å².